The zero-order valence-corrected chi connectivity index (χ0v) is 20.2. The van der Waals surface area contributed by atoms with Gasteiger partial charge >= 0.3 is 0 Å². The van der Waals surface area contributed by atoms with E-state index < -0.39 is 5.41 Å². The van der Waals surface area contributed by atoms with Gasteiger partial charge in [0.1, 0.15) is 0 Å². The number of nitrogens with zero attached hydrogens (tertiary/aromatic N) is 1. The van der Waals surface area contributed by atoms with Gasteiger partial charge in [-0.05, 0) is 91.3 Å². The van der Waals surface area contributed by atoms with Gasteiger partial charge in [0.2, 0.25) is 5.91 Å². The van der Waals surface area contributed by atoms with Crippen LogP contribution in [0.25, 0.3) is 11.1 Å². The van der Waals surface area contributed by atoms with Crippen molar-refractivity contribution in [3.63, 3.8) is 0 Å². The van der Waals surface area contributed by atoms with Crippen molar-refractivity contribution in [1.82, 2.24) is 4.90 Å². The predicted octanol–water partition coefficient (Wildman–Crippen LogP) is 4.34. The highest BCUT2D eigenvalue weighted by Gasteiger charge is 2.51. The van der Waals surface area contributed by atoms with Crippen LogP contribution in [0.5, 0.6) is 11.5 Å². The summed E-state index contributed by atoms with van der Waals surface area (Å²) in [6.07, 6.45) is 2.24. The van der Waals surface area contributed by atoms with Crippen LogP contribution in [0.1, 0.15) is 47.2 Å². The minimum absolute atomic E-state index is 0.0267. The number of aliphatic hydroxyl groups excluding tert-OH is 1. The number of aromatic hydroxyl groups is 2. The third-order valence-corrected chi connectivity index (χ3v) is 7.40. The Hall–Kier alpha value is -3.84. The molecule has 36 heavy (non-hydrogen) atoms. The molecule has 4 N–H and O–H groups in total. The van der Waals surface area contributed by atoms with Crippen LogP contribution in [-0.4, -0.2) is 51.2 Å². The Morgan fingerprint density at radius 1 is 0.917 bits per heavy atom. The molecule has 1 saturated carbocycles. The minimum Gasteiger partial charge on any atom is -0.504 e. The lowest BCUT2D eigenvalue weighted by Crippen LogP contribution is -2.40. The van der Waals surface area contributed by atoms with E-state index in [1.807, 2.05) is 49.4 Å². The van der Waals surface area contributed by atoms with Crippen molar-refractivity contribution >= 4 is 17.5 Å². The normalized spacial score (nSPS) is 17.0. The molecule has 1 saturated heterocycles. The molecule has 2 aliphatic rings. The number of aryl methyl sites for hydroxylation is 1. The van der Waals surface area contributed by atoms with E-state index in [4.69, 9.17) is 0 Å². The van der Waals surface area contributed by atoms with Crippen molar-refractivity contribution in [2.24, 2.45) is 0 Å². The maximum Gasteiger partial charge on any atom is 0.253 e. The Labute approximate surface area is 210 Å². The van der Waals surface area contributed by atoms with Crippen LogP contribution >= 0.6 is 0 Å². The summed E-state index contributed by atoms with van der Waals surface area (Å²) >= 11 is 0. The van der Waals surface area contributed by atoms with Gasteiger partial charge in [-0.15, -0.1) is 0 Å². The molecule has 5 rings (SSSR count). The van der Waals surface area contributed by atoms with E-state index in [9.17, 15) is 24.9 Å². The van der Waals surface area contributed by atoms with Crippen molar-refractivity contribution in [2.45, 2.75) is 44.1 Å². The SMILES string of the molecule is Cc1ccc(NC(=O)C2(c3ccc(O)c(O)c3)CC2)cc1-c1ccc(C(=O)N2CCC(O)CC2)cc1. The van der Waals surface area contributed by atoms with Crippen molar-refractivity contribution in [2.75, 3.05) is 18.4 Å². The number of nitrogens with one attached hydrogen (secondary N) is 1. The maximum atomic E-state index is 13.2. The monoisotopic (exact) mass is 486 g/mol. The van der Waals surface area contributed by atoms with E-state index in [2.05, 4.69) is 5.32 Å². The van der Waals surface area contributed by atoms with E-state index in [1.165, 1.54) is 12.1 Å². The van der Waals surface area contributed by atoms with Gasteiger partial charge in [0, 0.05) is 24.3 Å². The van der Waals surface area contributed by atoms with E-state index in [1.54, 1.807) is 11.0 Å². The highest BCUT2D eigenvalue weighted by atomic mass is 16.3. The zero-order valence-electron chi connectivity index (χ0n) is 20.2. The zero-order chi connectivity index (χ0) is 25.4. The number of carbonyl (C=O) groups is 2. The standard InChI is InChI=1S/C29H30N2O5/c1-18-2-8-22(30-28(36)29(12-13-29)21-7-9-25(33)26(34)16-21)17-24(18)19-3-5-20(6-4-19)27(35)31-14-10-23(32)11-15-31/h2-9,16-17,23,32-34H,10-15H2,1H3,(H,30,36). The minimum atomic E-state index is -0.706. The summed E-state index contributed by atoms with van der Waals surface area (Å²) in [5.41, 5.74) is 4.21. The third-order valence-electron chi connectivity index (χ3n) is 7.40. The highest BCUT2D eigenvalue weighted by molar-refractivity contribution is 6.02. The number of amides is 2. The first-order valence-corrected chi connectivity index (χ1v) is 12.3. The Kier molecular flexibility index (Phi) is 6.18. The highest BCUT2D eigenvalue weighted by Crippen LogP contribution is 2.50. The summed E-state index contributed by atoms with van der Waals surface area (Å²) in [5, 5.41) is 32.2. The van der Waals surface area contributed by atoms with E-state index >= 15 is 0 Å². The molecule has 2 fully saturated rings. The largest absolute Gasteiger partial charge is 0.504 e. The van der Waals surface area contributed by atoms with Crippen LogP contribution in [0.3, 0.4) is 0 Å². The Morgan fingerprint density at radius 3 is 2.25 bits per heavy atom. The Bertz CT molecular complexity index is 1310. The average molecular weight is 487 g/mol. The van der Waals surface area contributed by atoms with Gasteiger partial charge < -0.3 is 25.5 Å². The molecule has 7 nitrogen and oxygen atoms in total. The number of phenols is 2. The van der Waals surface area contributed by atoms with Crippen LogP contribution in [0, 0.1) is 6.92 Å². The van der Waals surface area contributed by atoms with Gasteiger partial charge in [-0.25, -0.2) is 0 Å². The predicted molar refractivity (Wildman–Crippen MR) is 137 cm³/mol. The Morgan fingerprint density at radius 2 is 1.61 bits per heavy atom. The smallest absolute Gasteiger partial charge is 0.253 e. The number of aliphatic hydroxyl groups is 1. The molecule has 1 aliphatic carbocycles. The van der Waals surface area contributed by atoms with Gasteiger partial charge in [-0.3, -0.25) is 9.59 Å². The van der Waals surface area contributed by atoms with Gasteiger partial charge in [0.05, 0.1) is 11.5 Å². The van der Waals surface area contributed by atoms with Gasteiger partial charge in [-0.2, -0.15) is 0 Å². The fourth-order valence-electron chi connectivity index (χ4n) is 4.90. The first-order valence-electron chi connectivity index (χ1n) is 12.3. The van der Waals surface area contributed by atoms with E-state index in [0.29, 0.717) is 55.6 Å². The molecular formula is C29H30N2O5. The molecule has 0 unspecified atom stereocenters. The van der Waals surface area contributed by atoms with Crippen LogP contribution in [0.15, 0.2) is 60.7 Å². The second-order valence-electron chi connectivity index (χ2n) is 9.87. The summed E-state index contributed by atoms with van der Waals surface area (Å²) in [6.45, 7) is 3.13. The number of rotatable bonds is 5. The Balaban J connectivity index is 1.32. The van der Waals surface area contributed by atoms with Crippen molar-refractivity contribution in [3.8, 4) is 22.6 Å². The fraction of sp³-hybridized carbons (Fsp3) is 0.310. The number of hydrogen-bond donors (Lipinski definition) is 4. The summed E-state index contributed by atoms with van der Waals surface area (Å²) in [6, 6.07) is 17.8. The van der Waals surface area contributed by atoms with Crippen molar-refractivity contribution in [1.29, 1.82) is 0 Å². The number of piperidine rings is 1. The number of likely N-dealkylation sites (tertiary alicyclic amines) is 1. The first-order chi connectivity index (χ1) is 17.3. The molecule has 2 amide bonds. The molecule has 3 aromatic rings. The third kappa shape index (κ3) is 4.54. The lowest BCUT2D eigenvalue weighted by Gasteiger charge is -2.29. The number of carbonyl (C=O) groups excluding carboxylic acids is 2. The lowest BCUT2D eigenvalue weighted by atomic mass is 9.94. The van der Waals surface area contributed by atoms with E-state index in [0.717, 1.165) is 16.7 Å². The van der Waals surface area contributed by atoms with Gasteiger partial charge in [-0.1, -0.05) is 24.3 Å². The summed E-state index contributed by atoms with van der Waals surface area (Å²) in [4.78, 5) is 27.8. The molecule has 186 valence electrons. The molecule has 0 aromatic heterocycles. The van der Waals surface area contributed by atoms with Crippen molar-refractivity contribution < 1.29 is 24.9 Å². The summed E-state index contributed by atoms with van der Waals surface area (Å²) in [5.74, 6) is -0.610. The second-order valence-corrected chi connectivity index (χ2v) is 9.87. The summed E-state index contributed by atoms with van der Waals surface area (Å²) < 4.78 is 0. The van der Waals surface area contributed by atoms with E-state index in [-0.39, 0.29) is 29.4 Å². The van der Waals surface area contributed by atoms with Gasteiger partial charge in [0.15, 0.2) is 11.5 Å². The van der Waals surface area contributed by atoms with Crippen LogP contribution in [0.4, 0.5) is 5.69 Å². The fourth-order valence-corrected chi connectivity index (χ4v) is 4.90. The average Bonchev–Trinajstić information content (AvgIpc) is 3.69. The maximum absolute atomic E-state index is 13.2. The van der Waals surface area contributed by atoms with Crippen molar-refractivity contribution in [3.05, 3.63) is 77.4 Å². The second kappa shape index (κ2) is 9.32. The lowest BCUT2D eigenvalue weighted by molar-refractivity contribution is -0.118. The quantitative estimate of drug-likeness (QED) is 0.401. The molecule has 1 heterocycles. The molecule has 1 aliphatic heterocycles. The molecule has 0 spiro atoms. The van der Waals surface area contributed by atoms with Gasteiger partial charge in [0.25, 0.3) is 5.91 Å². The van der Waals surface area contributed by atoms with Crippen LogP contribution in [0.2, 0.25) is 0 Å². The van der Waals surface area contributed by atoms with Crippen LogP contribution in [-0.2, 0) is 10.2 Å². The number of anilines is 1. The molecule has 3 aromatic carbocycles. The first kappa shape index (κ1) is 23.9. The van der Waals surface area contributed by atoms with Crippen LogP contribution < -0.4 is 5.32 Å². The molecule has 0 atom stereocenters. The number of phenolic OH excluding ortho intramolecular Hbond substituents is 2. The molecule has 7 heteroatoms. The topological polar surface area (TPSA) is 110 Å². The summed E-state index contributed by atoms with van der Waals surface area (Å²) in [7, 11) is 0. The molecular weight excluding hydrogens is 456 g/mol. The molecule has 0 bridgehead atoms. The number of benzene rings is 3. The number of hydrogen-bond acceptors (Lipinski definition) is 5. The molecule has 0 radical (unpaired) electrons.